The maximum atomic E-state index is 13.2. The third-order valence-electron chi connectivity index (χ3n) is 9.59. The number of allylic oxidation sites excluding steroid dienone is 4. The van der Waals surface area contributed by atoms with E-state index in [1.165, 1.54) is 103 Å². The van der Waals surface area contributed by atoms with Crippen molar-refractivity contribution in [2.24, 2.45) is 5.73 Å². The van der Waals surface area contributed by atoms with Crippen LogP contribution in [-0.4, -0.2) is 69.0 Å². The maximum absolute atomic E-state index is 13.2. The van der Waals surface area contributed by atoms with E-state index in [-0.39, 0.29) is 31.0 Å². The van der Waals surface area contributed by atoms with Crippen molar-refractivity contribution < 1.29 is 36.7 Å². The summed E-state index contributed by atoms with van der Waals surface area (Å²) in [5.41, 5.74) is 3.84. The number of ketones is 2. The number of unbranched alkanes of at least 4 members (excludes halogenated alkanes) is 22. The molecule has 0 fully saturated rings. The highest BCUT2D eigenvalue weighted by atomic mass is 32.3. The number of carbonyl (C=O) groups excluding carboxylic acids is 2. The van der Waals surface area contributed by atoms with Crippen LogP contribution in [0.15, 0.2) is 24.3 Å². The number of rotatable bonds is 37. The molecule has 0 aliphatic heterocycles. The molecule has 0 rings (SSSR count). The Kier molecular flexibility index (Phi) is 38.4. The minimum absolute atomic E-state index is 0.123. The normalized spacial score (nSPS) is 12.8. The number of carbonyl (C=O) groups is 2. The lowest BCUT2D eigenvalue weighted by atomic mass is 9.86. The summed E-state index contributed by atoms with van der Waals surface area (Å²) in [6.07, 6.45) is 41.1. The lowest BCUT2D eigenvalue weighted by molar-refractivity contribution is -0.882. The molecular formula is C42H82N2O7S. The molecule has 1 atom stereocenters. The van der Waals surface area contributed by atoms with E-state index >= 15 is 0 Å². The van der Waals surface area contributed by atoms with E-state index in [0.29, 0.717) is 13.1 Å². The SMILES string of the molecule is CCCCCCCC/C=C\CCCCCCCC(=O)C(O)(C[NH+](C)CCN)C(=O)CCCCCCC/C=C\CCCCCCCC.COS(=O)(=O)[O-]. The van der Waals surface area contributed by atoms with Crippen molar-refractivity contribution in [3.8, 4) is 0 Å². The fourth-order valence-corrected chi connectivity index (χ4v) is 6.25. The Bertz CT molecular complexity index is 933. The molecule has 0 aliphatic rings. The van der Waals surface area contributed by atoms with Crippen LogP contribution in [-0.2, 0) is 24.2 Å². The number of aliphatic hydroxyl groups is 1. The van der Waals surface area contributed by atoms with Gasteiger partial charge in [0.1, 0.15) is 6.54 Å². The first-order valence-corrected chi connectivity index (χ1v) is 22.4. The highest BCUT2D eigenvalue weighted by Crippen LogP contribution is 2.18. The van der Waals surface area contributed by atoms with Crippen LogP contribution >= 0.6 is 0 Å². The molecule has 0 heterocycles. The fourth-order valence-electron chi connectivity index (χ4n) is 6.25. The van der Waals surface area contributed by atoms with Crippen LogP contribution in [0.1, 0.15) is 194 Å². The molecule has 0 amide bonds. The predicted octanol–water partition coefficient (Wildman–Crippen LogP) is 8.50. The van der Waals surface area contributed by atoms with E-state index in [9.17, 15) is 27.7 Å². The summed E-state index contributed by atoms with van der Waals surface area (Å²) in [6.45, 7) is 5.74. The predicted molar refractivity (Wildman–Crippen MR) is 216 cm³/mol. The molecule has 0 aromatic heterocycles. The largest absolute Gasteiger partial charge is 0.726 e. The van der Waals surface area contributed by atoms with Gasteiger partial charge in [-0.2, -0.15) is 0 Å². The molecule has 0 aromatic carbocycles. The molecule has 0 aliphatic carbocycles. The second-order valence-corrected chi connectivity index (χ2v) is 15.8. The van der Waals surface area contributed by atoms with Gasteiger partial charge in [-0.1, -0.05) is 141 Å². The van der Waals surface area contributed by atoms with Crippen molar-refractivity contribution in [2.45, 2.75) is 199 Å². The Balaban J connectivity index is 0. The van der Waals surface area contributed by atoms with Gasteiger partial charge in [0.05, 0.1) is 20.7 Å². The molecule has 1 unspecified atom stereocenters. The summed E-state index contributed by atoms with van der Waals surface area (Å²) < 4.78 is 31.0. The fraction of sp³-hybridized carbons (Fsp3) is 0.857. The molecule has 0 bridgehead atoms. The summed E-state index contributed by atoms with van der Waals surface area (Å²) in [7, 11) is -1.70. The summed E-state index contributed by atoms with van der Waals surface area (Å²) in [5, 5.41) is 11.4. The third-order valence-corrected chi connectivity index (χ3v) is 9.99. The van der Waals surface area contributed by atoms with Gasteiger partial charge in [-0.25, -0.2) is 8.42 Å². The lowest BCUT2D eigenvalue weighted by Crippen LogP contribution is -3.12. The van der Waals surface area contributed by atoms with Crippen molar-refractivity contribution in [3.05, 3.63) is 24.3 Å². The van der Waals surface area contributed by atoms with Crippen LogP contribution in [0.5, 0.6) is 0 Å². The summed E-state index contributed by atoms with van der Waals surface area (Å²) in [5.74, 6) is -0.585. The standard InChI is InChI=1S/C41H78N2O3.CH4O4S/c1-4-6-8-10-12-14-16-18-20-22-24-26-28-30-32-34-39(44)41(46,38-43(3)37-36-42)40(45)35-33-31-29-27-25-23-21-19-17-15-13-11-9-7-5-2;1-5-6(2,3)4/h18-21,46H,4-17,22-38,42H2,1-3H3;1H3,(H,2,3,4)/b20-18-,21-19-;. The number of hydrogen-bond donors (Lipinski definition) is 3. The van der Waals surface area contributed by atoms with Gasteiger partial charge in [-0.3, -0.25) is 13.8 Å². The first-order chi connectivity index (χ1) is 25.0. The third kappa shape index (κ3) is 35.6. The van der Waals surface area contributed by atoms with Gasteiger partial charge in [0.25, 0.3) is 0 Å². The molecule has 0 radical (unpaired) electrons. The van der Waals surface area contributed by atoms with Crippen LogP contribution in [0.3, 0.4) is 0 Å². The minimum atomic E-state index is -4.41. The van der Waals surface area contributed by atoms with E-state index in [1.54, 1.807) is 0 Å². The first-order valence-electron chi connectivity index (χ1n) is 21.1. The van der Waals surface area contributed by atoms with Crippen LogP contribution in [0.4, 0.5) is 0 Å². The van der Waals surface area contributed by atoms with Crippen LogP contribution in [0, 0.1) is 0 Å². The summed E-state index contributed by atoms with van der Waals surface area (Å²) in [4.78, 5) is 27.4. The number of nitrogens with one attached hydrogen (secondary N) is 1. The smallest absolute Gasteiger partial charge is 0.230 e. The first kappa shape index (κ1) is 52.7. The van der Waals surface area contributed by atoms with E-state index in [4.69, 9.17) is 5.73 Å². The Hall–Kier alpha value is -1.43. The topological polar surface area (TPSA) is 151 Å². The molecular weight excluding hydrogens is 677 g/mol. The monoisotopic (exact) mass is 759 g/mol. The Morgan fingerprint density at radius 1 is 0.635 bits per heavy atom. The van der Waals surface area contributed by atoms with E-state index < -0.39 is 16.0 Å². The van der Waals surface area contributed by atoms with Gasteiger partial charge < -0.3 is 20.3 Å². The zero-order chi connectivity index (χ0) is 39.2. The highest BCUT2D eigenvalue weighted by molar-refractivity contribution is 7.80. The molecule has 10 heteroatoms. The molecule has 52 heavy (non-hydrogen) atoms. The van der Waals surface area contributed by atoms with Crippen molar-refractivity contribution in [1.82, 2.24) is 0 Å². The minimum Gasteiger partial charge on any atom is -0.726 e. The molecule has 308 valence electrons. The summed E-state index contributed by atoms with van der Waals surface area (Å²) >= 11 is 0. The van der Waals surface area contributed by atoms with Crippen molar-refractivity contribution in [2.75, 3.05) is 33.8 Å². The summed E-state index contributed by atoms with van der Waals surface area (Å²) in [6, 6.07) is 0. The van der Waals surface area contributed by atoms with Gasteiger partial charge in [0.15, 0.2) is 11.6 Å². The second kappa shape index (κ2) is 37.9. The average molecular weight is 759 g/mol. The van der Waals surface area contributed by atoms with E-state index in [1.807, 2.05) is 7.05 Å². The van der Waals surface area contributed by atoms with E-state index in [0.717, 1.165) is 76.2 Å². The van der Waals surface area contributed by atoms with Gasteiger partial charge in [0.2, 0.25) is 16.0 Å². The molecule has 9 nitrogen and oxygen atoms in total. The zero-order valence-corrected chi connectivity index (χ0v) is 34.9. The Morgan fingerprint density at radius 2 is 0.923 bits per heavy atom. The Labute approximate surface area is 320 Å². The quantitative estimate of drug-likeness (QED) is 0.0188. The molecule has 0 saturated carbocycles. The number of nitrogens with two attached hydrogens (primary N) is 1. The van der Waals surface area contributed by atoms with Gasteiger partial charge in [-0.15, -0.1) is 0 Å². The van der Waals surface area contributed by atoms with Gasteiger partial charge >= 0.3 is 0 Å². The molecule has 0 aromatic rings. The van der Waals surface area contributed by atoms with Gasteiger partial charge in [0, 0.05) is 19.4 Å². The van der Waals surface area contributed by atoms with Crippen LogP contribution in [0.2, 0.25) is 0 Å². The van der Waals surface area contributed by atoms with Crippen LogP contribution in [0.25, 0.3) is 0 Å². The number of hydrogen-bond acceptors (Lipinski definition) is 8. The van der Waals surface area contributed by atoms with Crippen molar-refractivity contribution in [3.63, 3.8) is 0 Å². The molecule has 0 spiro atoms. The van der Waals surface area contributed by atoms with Crippen molar-refractivity contribution in [1.29, 1.82) is 0 Å². The zero-order valence-electron chi connectivity index (χ0n) is 34.1. The number of quaternary nitrogens is 1. The lowest BCUT2D eigenvalue weighted by Gasteiger charge is -2.28. The maximum Gasteiger partial charge on any atom is 0.230 e. The van der Waals surface area contributed by atoms with Crippen molar-refractivity contribution >= 4 is 22.0 Å². The second-order valence-electron chi connectivity index (χ2n) is 14.6. The average Bonchev–Trinajstić information content (AvgIpc) is 3.11. The highest BCUT2D eigenvalue weighted by Gasteiger charge is 2.45. The van der Waals surface area contributed by atoms with E-state index in [2.05, 4.69) is 42.3 Å². The Morgan fingerprint density at radius 3 is 1.21 bits per heavy atom. The number of likely N-dealkylation sites (N-methyl/N-ethyl adjacent to an activating group) is 1. The van der Waals surface area contributed by atoms with Gasteiger partial charge in [-0.05, 0) is 64.2 Å². The van der Waals surface area contributed by atoms with Crippen LogP contribution < -0.4 is 10.6 Å². The molecule has 0 saturated heterocycles. The molecule has 4 N–H and O–H groups in total. The number of Topliss-reactive ketones (excluding diaryl/α,β-unsaturated/α-hetero) is 2.